The molecule has 0 aliphatic heterocycles. The molecule has 0 fully saturated rings. The first-order valence-corrected chi connectivity index (χ1v) is 7.79. The van der Waals surface area contributed by atoms with Gasteiger partial charge in [-0.05, 0) is 42.3 Å². The molecule has 3 N–H and O–H groups in total. The van der Waals surface area contributed by atoms with E-state index in [2.05, 4.69) is 40.3 Å². The van der Waals surface area contributed by atoms with Crippen LogP contribution in [0.15, 0.2) is 46.9 Å². The third kappa shape index (κ3) is 3.99. The Labute approximate surface area is 137 Å². The molecular weight excluding hydrogens is 352 g/mol. The van der Waals surface area contributed by atoms with Crippen LogP contribution in [0, 0.1) is 0 Å². The number of benzene rings is 2. The van der Waals surface area contributed by atoms with E-state index in [0.29, 0.717) is 10.6 Å². The van der Waals surface area contributed by atoms with Crippen LogP contribution in [-0.4, -0.2) is 5.91 Å². The van der Waals surface area contributed by atoms with Crippen LogP contribution in [0.25, 0.3) is 0 Å². The molecule has 2 aromatic rings. The molecule has 1 amide bonds. The molecule has 0 radical (unpaired) electrons. The molecule has 0 heterocycles. The maximum absolute atomic E-state index is 11.3. The van der Waals surface area contributed by atoms with E-state index in [9.17, 15) is 4.79 Å². The number of halogens is 2. The normalized spacial score (nSPS) is 12.0. The number of nitrogens with two attached hydrogens (primary N) is 1. The minimum absolute atomic E-state index is 0.143. The zero-order chi connectivity index (χ0) is 15.4. The zero-order valence-electron chi connectivity index (χ0n) is 11.6. The summed E-state index contributed by atoms with van der Waals surface area (Å²) in [7, 11) is 0. The molecule has 0 aromatic heterocycles. The van der Waals surface area contributed by atoms with Crippen LogP contribution >= 0.6 is 27.5 Å². The van der Waals surface area contributed by atoms with Gasteiger partial charge in [-0.15, -0.1) is 0 Å². The lowest BCUT2D eigenvalue weighted by atomic mass is 10.0. The summed E-state index contributed by atoms with van der Waals surface area (Å²) >= 11 is 9.44. The van der Waals surface area contributed by atoms with Gasteiger partial charge in [0.1, 0.15) is 0 Å². The molecular formula is C16H16BrClN2O. The highest BCUT2D eigenvalue weighted by atomic mass is 79.9. The predicted molar refractivity (Wildman–Crippen MR) is 90.8 cm³/mol. The van der Waals surface area contributed by atoms with Crippen molar-refractivity contribution in [3.8, 4) is 0 Å². The van der Waals surface area contributed by atoms with E-state index in [1.807, 2.05) is 18.2 Å². The van der Waals surface area contributed by atoms with E-state index in [1.165, 1.54) is 5.56 Å². The first kappa shape index (κ1) is 15.9. The average molecular weight is 368 g/mol. The van der Waals surface area contributed by atoms with Crippen molar-refractivity contribution in [3.05, 3.63) is 63.1 Å². The predicted octanol–water partition coefficient (Wildman–Crippen LogP) is 4.76. The SMILES string of the molecule is CCC(Nc1ccc(Cl)c(C(N)=O)c1)c1cccc(Br)c1. The van der Waals surface area contributed by atoms with Crippen LogP contribution in [0.3, 0.4) is 0 Å². The third-order valence-corrected chi connectivity index (χ3v) is 4.05. The standard InChI is InChI=1S/C16H16BrClN2O/c1-2-15(10-4-3-5-11(17)8-10)20-12-6-7-14(18)13(9-12)16(19)21/h3-9,15,20H,2H2,1H3,(H2,19,21). The van der Waals surface area contributed by atoms with Crippen LogP contribution < -0.4 is 11.1 Å². The van der Waals surface area contributed by atoms with Gasteiger partial charge in [0.15, 0.2) is 0 Å². The Morgan fingerprint density at radius 3 is 2.71 bits per heavy atom. The Hall–Kier alpha value is -1.52. The molecule has 110 valence electrons. The highest BCUT2D eigenvalue weighted by Gasteiger charge is 2.12. The topological polar surface area (TPSA) is 55.1 Å². The number of carbonyl (C=O) groups is 1. The Bertz CT molecular complexity index is 660. The second-order valence-corrected chi connectivity index (χ2v) is 6.04. The van der Waals surface area contributed by atoms with Gasteiger partial charge >= 0.3 is 0 Å². The van der Waals surface area contributed by atoms with Crippen molar-refractivity contribution < 1.29 is 4.79 Å². The molecule has 2 rings (SSSR count). The van der Waals surface area contributed by atoms with Crippen molar-refractivity contribution in [3.63, 3.8) is 0 Å². The van der Waals surface area contributed by atoms with E-state index in [-0.39, 0.29) is 6.04 Å². The summed E-state index contributed by atoms with van der Waals surface area (Å²) < 4.78 is 1.04. The molecule has 21 heavy (non-hydrogen) atoms. The lowest BCUT2D eigenvalue weighted by molar-refractivity contribution is 0.100. The number of hydrogen-bond donors (Lipinski definition) is 2. The molecule has 3 nitrogen and oxygen atoms in total. The van der Waals surface area contributed by atoms with Gasteiger partial charge in [-0.25, -0.2) is 0 Å². The lowest BCUT2D eigenvalue weighted by Gasteiger charge is -2.19. The quantitative estimate of drug-likeness (QED) is 0.800. The highest BCUT2D eigenvalue weighted by molar-refractivity contribution is 9.10. The van der Waals surface area contributed by atoms with Crippen molar-refractivity contribution in [2.24, 2.45) is 5.73 Å². The van der Waals surface area contributed by atoms with Crippen LogP contribution in [-0.2, 0) is 0 Å². The monoisotopic (exact) mass is 366 g/mol. The number of hydrogen-bond acceptors (Lipinski definition) is 2. The Morgan fingerprint density at radius 1 is 1.33 bits per heavy atom. The molecule has 1 unspecified atom stereocenters. The van der Waals surface area contributed by atoms with Crippen molar-refractivity contribution in [2.45, 2.75) is 19.4 Å². The minimum Gasteiger partial charge on any atom is -0.378 e. The third-order valence-electron chi connectivity index (χ3n) is 3.23. The van der Waals surface area contributed by atoms with E-state index >= 15 is 0 Å². The fourth-order valence-corrected chi connectivity index (χ4v) is 2.78. The molecule has 1 atom stereocenters. The zero-order valence-corrected chi connectivity index (χ0v) is 13.9. The number of carbonyl (C=O) groups excluding carboxylic acids is 1. The molecule has 0 saturated carbocycles. The smallest absolute Gasteiger partial charge is 0.250 e. The molecule has 0 aliphatic rings. The number of amides is 1. The van der Waals surface area contributed by atoms with Crippen molar-refractivity contribution >= 4 is 39.1 Å². The molecule has 0 saturated heterocycles. The van der Waals surface area contributed by atoms with E-state index in [0.717, 1.165) is 16.6 Å². The van der Waals surface area contributed by atoms with Gasteiger partial charge in [0.2, 0.25) is 5.91 Å². The van der Waals surface area contributed by atoms with Crippen LogP contribution in [0.1, 0.15) is 35.3 Å². The molecule has 0 spiro atoms. The number of primary amides is 1. The van der Waals surface area contributed by atoms with Gasteiger partial charge in [-0.3, -0.25) is 4.79 Å². The first-order chi connectivity index (χ1) is 10.0. The Kier molecular flexibility index (Phi) is 5.26. The van der Waals surface area contributed by atoms with Gasteiger partial charge in [-0.2, -0.15) is 0 Å². The van der Waals surface area contributed by atoms with Crippen molar-refractivity contribution in [1.82, 2.24) is 0 Å². The summed E-state index contributed by atoms with van der Waals surface area (Å²) in [6, 6.07) is 13.5. The number of anilines is 1. The minimum atomic E-state index is -0.529. The maximum Gasteiger partial charge on any atom is 0.250 e. The van der Waals surface area contributed by atoms with Gasteiger partial charge in [-0.1, -0.05) is 46.6 Å². The Morgan fingerprint density at radius 2 is 2.10 bits per heavy atom. The van der Waals surface area contributed by atoms with E-state index in [4.69, 9.17) is 17.3 Å². The summed E-state index contributed by atoms with van der Waals surface area (Å²) in [6.07, 6.45) is 0.908. The average Bonchev–Trinajstić information content (AvgIpc) is 2.46. The molecule has 2 aromatic carbocycles. The fraction of sp³-hybridized carbons (Fsp3) is 0.188. The van der Waals surface area contributed by atoms with Crippen molar-refractivity contribution in [2.75, 3.05) is 5.32 Å². The van der Waals surface area contributed by atoms with Gasteiger partial charge < -0.3 is 11.1 Å². The van der Waals surface area contributed by atoms with E-state index in [1.54, 1.807) is 12.1 Å². The second-order valence-electron chi connectivity index (χ2n) is 4.72. The number of rotatable bonds is 5. The van der Waals surface area contributed by atoms with Gasteiger partial charge in [0.05, 0.1) is 16.6 Å². The van der Waals surface area contributed by atoms with Crippen LogP contribution in [0.4, 0.5) is 5.69 Å². The summed E-state index contributed by atoms with van der Waals surface area (Å²) in [5.74, 6) is -0.529. The fourth-order valence-electron chi connectivity index (χ4n) is 2.15. The van der Waals surface area contributed by atoms with Crippen LogP contribution in [0.5, 0.6) is 0 Å². The molecule has 0 aliphatic carbocycles. The largest absolute Gasteiger partial charge is 0.378 e. The number of nitrogens with one attached hydrogen (secondary N) is 1. The van der Waals surface area contributed by atoms with Crippen molar-refractivity contribution in [1.29, 1.82) is 0 Å². The van der Waals surface area contributed by atoms with Gasteiger partial charge in [0, 0.05) is 10.2 Å². The maximum atomic E-state index is 11.3. The summed E-state index contributed by atoms with van der Waals surface area (Å²) in [5, 5.41) is 3.77. The summed E-state index contributed by atoms with van der Waals surface area (Å²) in [5.41, 5.74) is 7.63. The van der Waals surface area contributed by atoms with Crippen LogP contribution in [0.2, 0.25) is 5.02 Å². The van der Waals surface area contributed by atoms with Gasteiger partial charge in [0.25, 0.3) is 0 Å². The Balaban J connectivity index is 2.27. The summed E-state index contributed by atoms with van der Waals surface area (Å²) in [4.78, 5) is 11.3. The molecule has 0 bridgehead atoms. The second kappa shape index (κ2) is 6.96. The lowest BCUT2D eigenvalue weighted by Crippen LogP contribution is -2.14. The molecule has 5 heteroatoms. The summed E-state index contributed by atoms with van der Waals surface area (Å²) in [6.45, 7) is 2.10. The highest BCUT2D eigenvalue weighted by Crippen LogP contribution is 2.27. The van der Waals surface area contributed by atoms with E-state index < -0.39 is 5.91 Å². The first-order valence-electron chi connectivity index (χ1n) is 6.62.